The molecule has 0 saturated carbocycles. The van der Waals surface area contributed by atoms with E-state index in [1.165, 1.54) is 7.11 Å². The number of carbonyl (C=O) groups is 2. The maximum Gasteiger partial charge on any atom is 0.265 e. The summed E-state index contributed by atoms with van der Waals surface area (Å²) >= 11 is 3.36. The second-order valence-corrected chi connectivity index (χ2v) is 7.95. The van der Waals surface area contributed by atoms with E-state index in [2.05, 4.69) is 21.2 Å². The summed E-state index contributed by atoms with van der Waals surface area (Å²) in [7, 11) is 1.53. The third kappa shape index (κ3) is 4.38. The van der Waals surface area contributed by atoms with Gasteiger partial charge in [-0.2, -0.15) is 0 Å². The van der Waals surface area contributed by atoms with Gasteiger partial charge in [-0.15, -0.1) is 0 Å². The number of methoxy groups -OCH3 is 1. The van der Waals surface area contributed by atoms with E-state index < -0.39 is 12.0 Å². The molecule has 32 heavy (non-hydrogen) atoms. The first-order chi connectivity index (χ1) is 15.5. The summed E-state index contributed by atoms with van der Waals surface area (Å²) in [5, 5.41) is 3.45. The molecule has 0 unspecified atom stereocenters. The molecule has 4 aromatic rings. The third-order valence-electron chi connectivity index (χ3n) is 4.90. The molecule has 3 aromatic carbocycles. The number of para-hydroxylation sites is 3. The summed E-state index contributed by atoms with van der Waals surface area (Å²) in [5.41, 5.74) is 1.26. The van der Waals surface area contributed by atoms with E-state index in [1.54, 1.807) is 67.6 Å². The Morgan fingerprint density at radius 3 is 2.31 bits per heavy atom. The first-order valence-electron chi connectivity index (χ1n) is 9.90. The molecular weight excluding hydrogens is 474 g/mol. The van der Waals surface area contributed by atoms with Gasteiger partial charge in [-0.3, -0.25) is 9.59 Å². The van der Waals surface area contributed by atoms with Crippen molar-refractivity contribution in [2.24, 2.45) is 0 Å². The number of nitrogens with one attached hydrogen (secondary N) is 1. The van der Waals surface area contributed by atoms with E-state index in [4.69, 9.17) is 13.9 Å². The van der Waals surface area contributed by atoms with Gasteiger partial charge in [-0.1, -0.05) is 40.2 Å². The number of ketones is 1. The topological polar surface area (TPSA) is 77.8 Å². The number of carbonyl (C=O) groups excluding carboxylic acids is 2. The van der Waals surface area contributed by atoms with Crippen LogP contribution >= 0.6 is 15.9 Å². The van der Waals surface area contributed by atoms with Crippen LogP contribution < -0.4 is 14.8 Å². The molecule has 6 nitrogen and oxygen atoms in total. The van der Waals surface area contributed by atoms with Crippen molar-refractivity contribution < 1.29 is 23.5 Å². The normalized spacial score (nSPS) is 11.7. The Hall–Kier alpha value is -3.58. The number of anilines is 1. The average Bonchev–Trinajstić information content (AvgIpc) is 3.17. The Morgan fingerprint density at radius 1 is 0.938 bits per heavy atom. The highest BCUT2D eigenvalue weighted by Gasteiger charge is 2.26. The molecule has 1 N–H and O–H groups in total. The van der Waals surface area contributed by atoms with Crippen molar-refractivity contribution in [2.75, 3.05) is 12.4 Å². The SMILES string of the molecule is COc1ccccc1O[C@@H](C)C(=O)Nc1c(C(=O)c2ccc(Br)cc2)oc2ccccc12. The van der Waals surface area contributed by atoms with Crippen LogP contribution in [0.4, 0.5) is 5.69 Å². The van der Waals surface area contributed by atoms with Crippen LogP contribution in [0.25, 0.3) is 11.0 Å². The minimum absolute atomic E-state index is 0.0614. The van der Waals surface area contributed by atoms with Gasteiger partial charge >= 0.3 is 0 Å². The zero-order valence-corrected chi connectivity index (χ0v) is 19.0. The highest BCUT2D eigenvalue weighted by atomic mass is 79.9. The molecule has 162 valence electrons. The van der Waals surface area contributed by atoms with Crippen molar-refractivity contribution in [1.29, 1.82) is 0 Å². The van der Waals surface area contributed by atoms with Gasteiger partial charge in [0.25, 0.3) is 5.91 Å². The zero-order valence-electron chi connectivity index (χ0n) is 17.4. The van der Waals surface area contributed by atoms with E-state index in [9.17, 15) is 9.59 Å². The smallest absolute Gasteiger partial charge is 0.265 e. The van der Waals surface area contributed by atoms with Crippen molar-refractivity contribution in [3.8, 4) is 11.5 Å². The molecule has 1 atom stereocenters. The minimum atomic E-state index is -0.851. The highest BCUT2D eigenvalue weighted by Crippen LogP contribution is 2.33. The number of rotatable bonds is 7. The lowest BCUT2D eigenvalue weighted by atomic mass is 10.1. The van der Waals surface area contributed by atoms with Crippen LogP contribution in [0, 0.1) is 0 Å². The molecule has 0 aliphatic heterocycles. The van der Waals surface area contributed by atoms with Crippen molar-refractivity contribution in [3.05, 3.63) is 88.6 Å². The lowest BCUT2D eigenvalue weighted by molar-refractivity contribution is -0.122. The number of benzene rings is 3. The fourth-order valence-electron chi connectivity index (χ4n) is 3.25. The van der Waals surface area contributed by atoms with E-state index >= 15 is 0 Å². The lowest BCUT2D eigenvalue weighted by Gasteiger charge is -2.16. The van der Waals surface area contributed by atoms with Crippen LogP contribution in [0.1, 0.15) is 23.0 Å². The zero-order chi connectivity index (χ0) is 22.7. The first-order valence-corrected chi connectivity index (χ1v) is 10.7. The van der Waals surface area contributed by atoms with Crippen molar-refractivity contribution >= 4 is 44.3 Å². The van der Waals surface area contributed by atoms with Crippen LogP contribution in [0.15, 0.2) is 81.7 Å². The van der Waals surface area contributed by atoms with Gasteiger partial charge in [0.15, 0.2) is 23.4 Å². The monoisotopic (exact) mass is 493 g/mol. The molecule has 0 aliphatic rings. The van der Waals surface area contributed by atoms with Gasteiger partial charge in [0.05, 0.1) is 12.8 Å². The highest BCUT2D eigenvalue weighted by molar-refractivity contribution is 9.10. The fourth-order valence-corrected chi connectivity index (χ4v) is 3.51. The summed E-state index contributed by atoms with van der Waals surface area (Å²) in [5.74, 6) is 0.272. The predicted octanol–water partition coefficient (Wildman–Crippen LogP) is 5.84. The number of fused-ring (bicyclic) bond motifs is 1. The molecule has 0 radical (unpaired) electrons. The number of hydrogen-bond acceptors (Lipinski definition) is 5. The Morgan fingerprint density at radius 2 is 1.59 bits per heavy atom. The fraction of sp³-hybridized carbons (Fsp3) is 0.120. The van der Waals surface area contributed by atoms with Crippen LogP contribution in [0.5, 0.6) is 11.5 Å². The van der Waals surface area contributed by atoms with Crippen molar-refractivity contribution in [2.45, 2.75) is 13.0 Å². The number of furan rings is 1. The second kappa shape index (κ2) is 9.28. The van der Waals surface area contributed by atoms with Crippen molar-refractivity contribution in [1.82, 2.24) is 0 Å². The summed E-state index contributed by atoms with van der Waals surface area (Å²) in [6.45, 7) is 1.63. The molecule has 0 fully saturated rings. The summed E-state index contributed by atoms with van der Waals surface area (Å²) in [4.78, 5) is 26.1. The standard InChI is InChI=1S/C25H20BrNO5/c1-15(31-21-10-6-5-9-20(21)30-2)25(29)27-22-18-7-3-4-8-19(18)32-24(22)23(28)16-11-13-17(26)14-12-16/h3-15H,1-2H3,(H,27,29)/t15-/m0/s1. The molecular formula is C25H20BrNO5. The summed E-state index contributed by atoms with van der Waals surface area (Å²) in [6.07, 6.45) is -0.851. The summed E-state index contributed by atoms with van der Waals surface area (Å²) in [6, 6.07) is 21.2. The maximum absolute atomic E-state index is 13.2. The van der Waals surface area contributed by atoms with E-state index in [0.717, 1.165) is 4.47 Å². The molecule has 0 saturated heterocycles. The van der Waals surface area contributed by atoms with Gasteiger partial charge in [0.1, 0.15) is 5.58 Å². The van der Waals surface area contributed by atoms with E-state index in [0.29, 0.717) is 33.7 Å². The van der Waals surface area contributed by atoms with Crippen LogP contribution in [-0.2, 0) is 4.79 Å². The Kier molecular flexibility index (Phi) is 6.28. The average molecular weight is 494 g/mol. The van der Waals surface area contributed by atoms with Gasteiger partial charge < -0.3 is 19.2 Å². The molecule has 1 amide bonds. The molecule has 0 aliphatic carbocycles. The van der Waals surface area contributed by atoms with Gasteiger partial charge in [-0.25, -0.2) is 0 Å². The molecule has 4 rings (SSSR count). The number of amides is 1. The Bertz CT molecular complexity index is 1280. The predicted molar refractivity (Wildman–Crippen MR) is 126 cm³/mol. The lowest BCUT2D eigenvalue weighted by Crippen LogP contribution is -2.30. The quantitative estimate of drug-likeness (QED) is 0.327. The Balaban J connectivity index is 1.64. The van der Waals surface area contributed by atoms with Crippen LogP contribution in [-0.4, -0.2) is 24.9 Å². The maximum atomic E-state index is 13.2. The van der Waals surface area contributed by atoms with Gasteiger partial charge in [-0.05, 0) is 55.5 Å². The van der Waals surface area contributed by atoms with Crippen LogP contribution in [0.3, 0.4) is 0 Å². The summed E-state index contributed by atoms with van der Waals surface area (Å²) < 4.78 is 17.8. The van der Waals surface area contributed by atoms with E-state index in [1.807, 2.05) is 12.1 Å². The Labute approximate surface area is 193 Å². The van der Waals surface area contributed by atoms with Crippen LogP contribution in [0.2, 0.25) is 0 Å². The number of ether oxygens (including phenoxy) is 2. The molecule has 1 heterocycles. The largest absolute Gasteiger partial charge is 0.493 e. The van der Waals surface area contributed by atoms with Gasteiger partial charge in [0, 0.05) is 15.4 Å². The van der Waals surface area contributed by atoms with Crippen molar-refractivity contribution in [3.63, 3.8) is 0 Å². The minimum Gasteiger partial charge on any atom is -0.493 e. The number of hydrogen-bond donors (Lipinski definition) is 1. The molecule has 0 spiro atoms. The molecule has 0 bridgehead atoms. The molecule has 7 heteroatoms. The second-order valence-electron chi connectivity index (χ2n) is 7.04. The van der Waals surface area contributed by atoms with E-state index in [-0.39, 0.29) is 11.5 Å². The molecule has 1 aromatic heterocycles. The number of halogens is 1. The van der Waals surface area contributed by atoms with Gasteiger partial charge in [0.2, 0.25) is 5.78 Å². The first kappa shape index (κ1) is 21.6. The third-order valence-corrected chi connectivity index (χ3v) is 5.43.